The summed E-state index contributed by atoms with van der Waals surface area (Å²) in [4.78, 5) is 41.4. The van der Waals surface area contributed by atoms with Crippen LogP contribution in [0.5, 0.6) is 0 Å². The maximum Gasteiger partial charge on any atom is 0.188 e. The number of fused-ring (bicyclic) bond motifs is 4. The van der Waals surface area contributed by atoms with Gasteiger partial charge in [0.05, 0.1) is 5.69 Å². The highest BCUT2D eigenvalue weighted by atomic mass is 19.1. The van der Waals surface area contributed by atoms with Gasteiger partial charge in [0.25, 0.3) is 0 Å². The lowest BCUT2D eigenvalue weighted by Gasteiger charge is -2.28. The summed E-state index contributed by atoms with van der Waals surface area (Å²) >= 11 is 0. The zero-order valence-electron chi connectivity index (χ0n) is 27.8. The Morgan fingerprint density at radius 3 is 1.75 bits per heavy atom. The number of para-hydroxylation sites is 2. The molecule has 1 aliphatic carbocycles. The van der Waals surface area contributed by atoms with Crippen LogP contribution in [-0.4, -0.2) is 26.5 Å². The fraction of sp³-hybridized carbons (Fsp3) is 0.0435. The van der Waals surface area contributed by atoms with Gasteiger partial charge in [-0.3, -0.25) is 9.59 Å². The number of Topliss-reactive ketones (excluding diaryl/α,β-unsaturated/α-hetero) is 2. The van der Waals surface area contributed by atoms with Gasteiger partial charge in [0.1, 0.15) is 5.82 Å². The van der Waals surface area contributed by atoms with Crippen LogP contribution in [-0.2, 0) is 5.41 Å². The van der Waals surface area contributed by atoms with Gasteiger partial charge in [-0.15, -0.1) is 0 Å². The average Bonchev–Trinajstić information content (AvgIpc) is 3.94. The number of H-pyrrole nitrogens is 3. The Morgan fingerprint density at radius 1 is 0.519 bits per heavy atom. The van der Waals surface area contributed by atoms with E-state index < -0.39 is 11.2 Å². The van der Waals surface area contributed by atoms with E-state index in [0.717, 1.165) is 44.2 Å². The quantitative estimate of drug-likeness (QED) is 0.153. The lowest BCUT2D eigenvalue weighted by atomic mass is 9.70. The third-order valence-electron chi connectivity index (χ3n) is 10.8. The van der Waals surface area contributed by atoms with Crippen molar-refractivity contribution in [3.05, 3.63) is 203 Å². The molecule has 6 aromatic carbocycles. The molecule has 0 amide bonds. The average molecular weight is 676 g/mol. The number of aromatic amines is 3. The van der Waals surface area contributed by atoms with Crippen LogP contribution >= 0.6 is 0 Å². The SMILES string of the molecule is O=C1c2ccccc2C(=O)C1(c1[nH]c2ccc(F)cc2c1-c1c(C(c2ccccc2)c2ccccc2)[nH]c2ccccc12)c1c[nH]c2ccccc12. The van der Waals surface area contributed by atoms with E-state index in [1.807, 2.05) is 84.9 Å². The molecule has 10 rings (SSSR count). The minimum Gasteiger partial charge on any atom is -0.361 e. The van der Waals surface area contributed by atoms with E-state index in [1.165, 1.54) is 12.1 Å². The van der Waals surface area contributed by atoms with E-state index in [0.29, 0.717) is 38.9 Å². The van der Waals surface area contributed by atoms with Gasteiger partial charge in [0.2, 0.25) is 0 Å². The molecular formula is C46H30FN3O2. The van der Waals surface area contributed by atoms with Gasteiger partial charge in [-0.05, 0) is 41.5 Å². The molecule has 3 heterocycles. The van der Waals surface area contributed by atoms with Crippen molar-refractivity contribution in [2.24, 2.45) is 0 Å². The number of carbonyl (C=O) groups excluding carboxylic acids is 2. The van der Waals surface area contributed by atoms with Crippen molar-refractivity contribution in [2.45, 2.75) is 11.3 Å². The molecule has 3 aromatic heterocycles. The number of rotatable bonds is 6. The summed E-state index contributed by atoms with van der Waals surface area (Å²) in [6, 6.07) is 47.9. The second kappa shape index (κ2) is 11.4. The standard InChI is InChI=1S/C46H30FN3O2/c47-29-23-24-38-34(25-29)41(40-33-20-10-12-22-37(33)49-42(40)39(27-13-3-1-4-14-27)28-15-5-2-6-16-28)43(50-38)46(35-26-48-36-21-11-9-19-32(35)36)44(51)30-17-7-8-18-31(30)45(46)52/h1-26,39,48-50H. The number of nitrogens with one attached hydrogen (secondary N) is 3. The first-order chi connectivity index (χ1) is 25.6. The maximum absolute atomic E-state index is 15.5. The van der Waals surface area contributed by atoms with E-state index in [2.05, 4.69) is 39.2 Å². The van der Waals surface area contributed by atoms with Crippen molar-refractivity contribution >= 4 is 44.3 Å². The third kappa shape index (κ3) is 4.15. The molecule has 0 radical (unpaired) electrons. The number of halogens is 1. The van der Waals surface area contributed by atoms with Crippen molar-refractivity contribution in [3.8, 4) is 11.1 Å². The second-order valence-electron chi connectivity index (χ2n) is 13.5. The maximum atomic E-state index is 15.5. The summed E-state index contributed by atoms with van der Waals surface area (Å²) in [5.74, 6) is -1.34. The number of benzene rings is 6. The molecule has 0 spiro atoms. The number of carbonyl (C=O) groups is 2. The van der Waals surface area contributed by atoms with Gasteiger partial charge in [-0.1, -0.05) is 121 Å². The Morgan fingerprint density at radius 2 is 1.08 bits per heavy atom. The van der Waals surface area contributed by atoms with Crippen molar-refractivity contribution < 1.29 is 14.0 Å². The Hall–Kier alpha value is -6.79. The number of aromatic nitrogens is 3. The normalized spacial score (nSPS) is 13.9. The Balaban J connectivity index is 1.39. The van der Waals surface area contributed by atoms with Gasteiger partial charge in [-0.2, -0.15) is 0 Å². The molecule has 0 aliphatic heterocycles. The van der Waals surface area contributed by atoms with Gasteiger partial charge < -0.3 is 15.0 Å². The fourth-order valence-electron chi connectivity index (χ4n) is 8.54. The molecule has 6 heteroatoms. The molecule has 0 bridgehead atoms. The molecule has 248 valence electrons. The number of hydrogen-bond donors (Lipinski definition) is 3. The largest absolute Gasteiger partial charge is 0.361 e. The van der Waals surface area contributed by atoms with E-state index in [-0.39, 0.29) is 17.5 Å². The number of hydrogen-bond acceptors (Lipinski definition) is 2. The molecule has 0 fully saturated rings. The van der Waals surface area contributed by atoms with E-state index >= 15 is 14.0 Å². The molecule has 0 saturated carbocycles. The number of ketones is 2. The molecule has 3 N–H and O–H groups in total. The summed E-state index contributed by atoms with van der Waals surface area (Å²) in [6.07, 6.45) is 1.79. The van der Waals surface area contributed by atoms with Gasteiger partial charge >= 0.3 is 0 Å². The zero-order chi connectivity index (χ0) is 35.0. The van der Waals surface area contributed by atoms with Crippen LogP contribution < -0.4 is 0 Å². The highest BCUT2D eigenvalue weighted by molar-refractivity contribution is 6.37. The van der Waals surface area contributed by atoms with Crippen LogP contribution in [0.2, 0.25) is 0 Å². The molecule has 5 nitrogen and oxygen atoms in total. The molecule has 0 saturated heterocycles. The molecule has 0 unspecified atom stereocenters. The Kier molecular flexibility index (Phi) is 6.57. The summed E-state index contributed by atoms with van der Waals surface area (Å²) in [5, 5.41) is 2.24. The molecule has 1 aliphatic rings. The van der Waals surface area contributed by atoms with Crippen LogP contribution in [0.1, 0.15) is 54.7 Å². The Bertz CT molecular complexity index is 2790. The first kappa shape index (κ1) is 30.1. The van der Waals surface area contributed by atoms with Crippen molar-refractivity contribution in [3.63, 3.8) is 0 Å². The molecule has 9 aromatic rings. The zero-order valence-corrected chi connectivity index (χ0v) is 27.8. The first-order valence-corrected chi connectivity index (χ1v) is 17.3. The van der Waals surface area contributed by atoms with E-state index in [4.69, 9.17) is 0 Å². The van der Waals surface area contributed by atoms with Crippen molar-refractivity contribution in [2.75, 3.05) is 0 Å². The minimum atomic E-state index is -1.81. The van der Waals surface area contributed by atoms with Crippen LogP contribution in [0.25, 0.3) is 43.8 Å². The van der Waals surface area contributed by atoms with Crippen molar-refractivity contribution in [1.29, 1.82) is 0 Å². The highest BCUT2D eigenvalue weighted by Gasteiger charge is 2.58. The predicted molar refractivity (Wildman–Crippen MR) is 204 cm³/mol. The van der Waals surface area contributed by atoms with Gasteiger partial charge in [0, 0.05) is 78.3 Å². The topological polar surface area (TPSA) is 81.5 Å². The highest BCUT2D eigenvalue weighted by Crippen LogP contribution is 2.53. The van der Waals surface area contributed by atoms with Crippen LogP contribution in [0, 0.1) is 5.82 Å². The van der Waals surface area contributed by atoms with Crippen molar-refractivity contribution in [1.82, 2.24) is 15.0 Å². The van der Waals surface area contributed by atoms with Crippen LogP contribution in [0.4, 0.5) is 4.39 Å². The predicted octanol–water partition coefficient (Wildman–Crippen LogP) is 10.5. The molecule has 0 atom stereocenters. The van der Waals surface area contributed by atoms with Gasteiger partial charge in [-0.25, -0.2) is 4.39 Å². The lowest BCUT2D eigenvalue weighted by Crippen LogP contribution is -2.40. The summed E-state index contributed by atoms with van der Waals surface area (Å²) in [7, 11) is 0. The van der Waals surface area contributed by atoms with E-state index in [9.17, 15) is 0 Å². The third-order valence-corrected chi connectivity index (χ3v) is 10.8. The minimum absolute atomic E-state index is 0.271. The molecule has 52 heavy (non-hydrogen) atoms. The summed E-state index contributed by atoms with van der Waals surface area (Å²) in [6.45, 7) is 0. The first-order valence-electron chi connectivity index (χ1n) is 17.3. The monoisotopic (exact) mass is 675 g/mol. The van der Waals surface area contributed by atoms with Crippen LogP contribution in [0.15, 0.2) is 158 Å². The van der Waals surface area contributed by atoms with E-state index in [1.54, 1.807) is 36.5 Å². The summed E-state index contributed by atoms with van der Waals surface area (Å²) in [5.41, 5.74) is 6.58. The molecular weight excluding hydrogens is 646 g/mol. The van der Waals surface area contributed by atoms with Gasteiger partial charge in [0.15, 0.2) is 17.0 Å². The summed E-state index contributed by atoms with van der Waals surface area (Å²) < 4.78 is 15.5. The second-order valence-corrected chi connectivity index (χ2v) is 13.5. The van der Waals surface area contributed by atoms with Crippen LogP contribution in [0.3, 0.4) is 0 Å². The fourth-order valence-corrected chi connectivity index (χ4v) is 8.54. The lowest BCUT2D eigenvalue weighted by molar-refractivity contribution is 0.0828. The smallest absolute Gasteiger partial charge is 0.188 e. The Labute approximate surface area is 297 Å².